The molecule has 9 heteroatoms. The van der Waals surface area contributed by atoms with Gasteiger partial charge < -0.3 is 4.90 Å². The molecule has 4 nitrogen and oxygen atoms in total. The number of carbonyl (C=O) groups excluding carboxylic acids is 1. The molecule has 0 bridgehead atoms. The molecule has 0 saturated heterocycles. The van der Waals surface area contributed by atoms with Gasteiger partial charge in [-0.2, -0.15) is 13.2 Å². The fourth-order valence-corrected chi connectivity index (χ4v) is 2.08. The Morgan fingerprint density at radius 3 is 2.33 bits per heavy atom. The molecule has 0 N–H and O–H groups in total. The lowest BCUT2D eigenvalue weighted by molar-refractivity contribution is -0.137. The minimum Gasteiger partial charge on any atom is -0.341 e. The summed E-state index contributed by atoms with van der Waals surface area (Å²) in [5, 5.41) is 0. The zero-order valence-corrected chi connectivity index (χ0v) is 12.1. The van der Waals surface area contributed by atoms with Gasteiger partial charge in [0.15, 0.2) is 0 Å². The van der Waals surface area contributed by atoms with Gasteiger partial charge in [0.2, 0.25) is 0 Å². The zero-order chi connectivity index (χ0) is 16.4. The molecule has 0 fully saturated rings. The number of halogens is 4. The van der Waals surface area contributed by atoms with Gasteiger partial charge in [0.1, 0.15) is 15.7 Å². The third kappa shape index (κ3) is 5.00. The van der Waals surface area contributed by atoms with Crippen molar-refractivity contribution in [1.29, 1.82) is 0 Å². The molecular weight excluding hydrogens is 314 g/mol. The fourth-order valence-electron chi connectivity index (χ4n) is 1.48. The maximum absolute atomic E-state index is 13.5. The summed E-state index contributed by atoms with van der Waals surface area (Å²) in [6.07, 6.45) is -3.75. The first kappa shape index (κ1) is 17.4. The number of hydrogen-bond acceptors (Lipinski definition) is 3. The molecule has 21 heavy (non-hydrogen) atoms. The lowest BCUT2D eigenvalue weighted by atomic mass is 10.1. The van der Waals surface area contributed by atoms with Gasteiger partial charge >= 0.3 is 6.18 Å². The second-order valence-electron chi connectivity index (χ2n) is 4.55. The van der Waals surface area contributed by atoms with E-state index in [0.717, 1.165) is 11.2 Å². The molecule has 0 aromatic heterocycles. The summed E-state index contributed by atoms with van der Waals surface area (Å²) in [5.74, 6) is -2.48. The van der Waals surface area contributed by atoms with Crippen LogP contribution in [0.15, 0.2) is 18.2 Å². The van der Waals surface area contributed by atoms with E-state index in [4.69, 9.17) is 0 Å². The molecule has 1 aromatic rings. The van der Waals surface area contributed by atoms with E-state index in [-0.39, 0.29) is 12.3 Å². The first-order valence-corrected chi connectivity index (χ1v) is 7.78. The number of amides is 1. The van der Waals surface area contributed by atoms with Gasteiger partial charge in [-0.1, -0.05) is 0 Å². The summed E-state index contributed by atoms with van der Waals surface area (Å²) in [5.41, 5.74) is -1.90. The highest BCUT2D eigenvalue weighted by Crippen LogP contribution is 2.30. The number of rotatable bonds is 4. The highest BCUT2D eigenvalue weighted by Gasteiger charge is 2.32. The molecule has 0 heterocycles. The molecule has 1 aromatic carbocycles. The molecule has 0 spiro atoms. The van der Waals surface area contributed by atoms with Crippen molar-refractivity contribution in [2.75, 3.05) is 25.6 Å². The van der Waals surface area contributed by atoms with Crippen molar-refractivity contribution in [1.82, 2.24) is 4.90 Å². The largest absolute Gasteiger partial charge is 0.416 e. The number of benzene rings is 1. The Morgan fingerprint density at radius 2 is 1.86 bits per heavy atom. The molecule has 1 rings (SSSR count). The van der Waals surface area contributed by atoms with E-state index in [9.17, 15) is 30.8 Å². The second-order valence-corrected chi connectivity index (χ2v) is 6.81. The molecule has 1 amide bonds. The Morgan fingerprint density at radius 1 is 1.29 bits per heavy atom. The highest BCUT2D eigenvalue weighted by atomic mass is 32.2. The van der Waals surface area contributed by atoms with E-state index in [1.807, 2.05) is 0 Å². The average molecular weight is 327 g/mol. The standard InChI is InChI=1S/C12H13F4NO3S/c1-17(5-6-21(2,19)20)11(18)9-7-8(12(14,15)16)3-4-10(9)13/h3-4,7H,5-6H2,1-2H3. The maximum atomic E-state index is 13.5. The first-order valence-electron chi connectivity index (χ1n) is 5.72. The van der Waals surface area contributed by atoms with Crippen molar-refractivity contribution in [2.45, 2.75) is 6.18 Å². The smallest absolute Gasteiger partial charge is 0.341 e. The van der Waals surface area contributed by atoms with E-state index in [1.54, 1.807) is 0 Å². The molecule has 0 atom stereocenters. The number of sulfone groups is 1. The van der Waals surface area contributed by atoms with Crippen molar-refractivity contribution in [3.63, 3.8) is 0 Å². The lowest BCUT2D eigenvalue weighted by Gasteiger charge is -2.18. The summed E-state index contributed by atoms with van der Waals surface area (Å²) in [4.78, 5) is 12.7. The van der Waals surface area contributed by atoms with Crippen LogP contribution in [0.5, 0.6) is 0 Å². The lowest BCUT2D eigenvalue weighted by Crippen LogP contribution is -2.32. The molecule has 118 valence electrons. The van der Waals surface area contributed by atoms with Gasteiger partial charge in [-0.3, -0.25) is 4.79 Å². The predicted octanol–water partition coefficient (Wildman–Crippen LogP) is 1.96. The SMILES string of the molecule is CN(CCS(C)(=O)=O)C(=O)c1cc(C(F)(F)F)ccc1F. The Kier molecular flexibility index (Phi) is 4.98. The molecule has 0 aliphatic carbocycles. The van der Waals surface area contributed by atoms with Crippen molar-refractivity contribution < 1.29 is 30.8 Å². The van der Waals surface area contributed by atoms with E-state index < -0.39 is 38.9 Å². The van der Waals surface area contributed by atoms with Crippen LogP contribution in [0.4, 0.5) is 17.6 Å². The zero-order valence-electron chi connectivity index (χ0n) is 11.2. The minimum atomic E-state index is -4.70. The summed E-state index contributed by atoms with van der Waals surface area (Å²) in [6, 6.07) is 1.50. The van der Waals surface area contributed by atoms with Crippen molar-refractivity contribution >= 4 is 15.7 Å². The third-order valence-corrected chi connectivity index (χ3v) is 3.59. The van der Waals surface area contributed by atoms with Gasteiger partial charge in [0.25, 0.3) is 5.91 Å². The number of alkyl halides is 3. The van der Waals surface area contributed by atoms with Gasteiger partial charge in [-0.15, -0.1) is 0 Å². The highest BCUT2D eigenvalue weighted by molar-refractivity contribution is 7.90. The van der Waals surface area contributed by atoms with Gasteiger partial charge in [0, 0.05) is 19.8 Å². The van der Waals surface area contributed by atoms with Crippen LogP contribution in [0.1, 0.15) is 15.9 Å². The maximum Gasteiger partial charge on any atom is 0.416 e. The van der Waals surface area contributed by atoms with Crippen LogP contribution in [0, 0.1) is 5.82 Å². The van der Waals surface area contributed by atoms with Crippen LogP contribution in [0.3, 0.4) is 0 Å². The first-order chi connectivity index (χ1) is 9.42. The second kappa shape index (κ2) is 6.00. The molecule has 0 aliphatic rings. The summed E-state index contributed by atoms with van der Waals surface area (Å²) < 4.78 is 73.1. The normalized spacial score (nSPS) is 12.3. The Balaban J connectivity index is 3.01. The van der Waals surface area contributed by atoms with Crippen LogP contribution in [0.2, 0.25) is 0 Å². The third-order valence-electron chi connectivity index (χ3n) is 2.67. The number of hydrogen-bond donors (Lipinski definition) is 0. The minimum absolute atomic E-state index is 0.243. The number of carbonyl (C=O) groups is 1. The monoisotopic (exact) mass is 327 g/mol. The summed E-state index contributed by atoms with van der Waals surface area (Å²) >= 11 is 0. The van der Waals surface area contributed by atoms with Gasteiger partial charge in [-0.25, -0.2) is 12.8 Å². The molecule has 0 aliphatic heterocycles. The Hall–Kier alpha value is -1.64. The number of nitrogens with zero attached hydrogens (tertiary/aromatic N) is 1. The quantitative estimate of drug-likeness (QED) is 0.795. The topological polar surface area (TPSA) is 54.5 Å². The van der Waals surface area contributed by atoms with E-state index >= 15 is 0 Å². The van der Waals surface area contributed by atoms with Crippen molar-refractivity contribution in [3.05, 3.63) is 35.1 Å². The van der Waals surface area contributed by atoms with Crippen LogP contribution >= 0.6 is 0 Å². The van der Waals surface area contributed by atoms with Gasteiger partial charge in [-0.05, 0) is 18.2 Å². The predicted molar refractivity (Wildman–Crippen MR) is 68.1 cm³/mol. The summed E-state index contributed by atoms with van der Waals surface area (Å²) in [7, 11) is -2.16. The fraction of sp³-hybridized carbons (Fsp3) is 0.417. The van der Waals surface area contributed by atoms with Crippen molar-refractivity contribution in [2.24, 2.45) is 0 Å². The van der Waals surface area contributed by atoms with E-state index in [1.165, 1.54) is 7.05 Å². The van der Waals surface area contributed by atoms with Crippen molar-refractivity contribution in [3.8, 4) is 0 Å². The molecular formula is C12H13F4NO3S. The molecule has 0 radical (unpaired) electrons. The molecule has 0 saturated carbocycles. The van der Waals surface area contributed by atoms with Crippen LogP contribution in [0.25, 0.3) is 0 Å². The van der Waals surface area contributed by atoms with E-state index in [2.05, 4.69) is 0 Å². The average Bonchev–Trinajstić information content (AvgIpc) is 2.33. The van der Waals surface area contributed by atoms with Crippen LogP contribution in [-0.4, -0.2) is 44.8 Å². The van der Waals surface area contributed by atoms with Gasteiger partial charge in [0.05, 0.1) is 16.9 Å². The van der Waals surface area contributed by atoms with Crippen LogP contribution < -0.4 is 0 Å². The van der Waals surface area contributed by atoms with E-state index in [0.29, 0.717) is 18.2 Å². The summed E-state index contributed by atoms with van der Waals surface area (Å²) in [6.45, 7) is -0.243. The Bertz CT molecular complexity index is 640. The Labute approximate surface area is 119 Å². The molecule has 0 unspecified atom stereocenters. The van der Waals surface area contributed by atoms with Crippen LogP contribution in [-0.2, 0) is 16.0 Å².